The second-order valence-electron chi connectivity index (χ2n) is 8.03. The van der Waals surface area contributed by atoms with Crippen molar-refractivity contribution in [1.29, 1.82) is 0 Å². The molecule has 0 unspecified atom stereocenters. The van der Waals surface area contributed by atoms with Crippen molar-refractivity contribution in [3.05, 3.63) is 93.7 Å². The molecule has 182 valence electrons. The lowest BCUT2D eigenvalue weighted by Gasteiger charge is -2.18. The van der Waals surface area contributed by atoms with Gasteiger partial charge in [0.2, 0.25) is 0 Å². The Morgan fingerprint density at radius 3 is 2.46 bits per heavy atom. The Kier molecular flexibility index (Phi) is 6.35. The number of nitrogens with one attached hydrogen (secondary N) is 1. The highest BCUT2D eigenvalue weighted by molar-refractivity contribution is 7.92. The van der Waals surface area contributed by atoms with Crippen LogP contribution in [0.15, 0.2) is 74.9 Å². The molecule has 1 N–H and O–H groups in total. The molecule has 4 aromatic rings. The minimum absolute atomic E-state index is 0.0203. The first-order chi connectivity index (χ1) is 16.6. The van der Waals surface area contributed by atoms with Crippen LogP contribution in [0, 0.1) is 13.8 Å². The van der Waals surface area contributed by atoms with Gasteiger partial charge in [-0.05, 0) is 44.2 Å². The van der Waals surface area contributed by atoms with Gasteiger partial charge >= 0.3 is 0 Å². The molecule has 35 heavy (non-hydrogen) atoms. The smallest absolute Gasteiger partial charge is 0.296 e. The Morgan fingerprint density at radius 1 is 1.09 bits per heavy atom. The van der Waals surface area contributed by atoms with Gasteiger partial charge in [0.1, 0.15) is 5.69 Å². The summed E-state index contributed by atoms with van der Waals surface area (Å²) in [4.78, 5) is 25.8. The highest BCUT2D eigenvalue weighted by Gasteiger charge is 2.29. The van der Waals surface area contributed by atoms with Crippen molar-refractivity contribution in [2.75, 3.05) is 11.4 Å². The summed E-state index contributed by atoms with van der Waals surface area (Å²) in [6.45, 7) is 3.55. The number of hydrogen-bond acceptors (Lipinski definition) is 6. The van der Waals surface area contributed by atoms with Crippen LogP contribution in [0.4, 0.5) is 5.69 Å². The normalized spacial score (nSPS) is 11.4. The zero-order valence-corrected chi connectivity index (χ0v) is 20.5. The molecule has 0 aliphatic heterocycles. The molecular weight excluding hydrogens is 470 g/mol. The first kappa shape index (κ1) is 24.0. The predicted octanol–water partition coefficient (Wildman–Crippen LogP) is 2.54. The predicted molar refractivity (Wildman–Crippen MR) is 130 cm³/mol. The summed E-state index contributed by atoms with van der Waals surface area (Å²) < 4.78 is 36.0. The molecule has 0 aliphatic carbocycles. The highest BCUT2D eigenvalue weighted by Crippen LogP contribution is 2.24. The molecule has 2 heterocycles. The minimum atomic E-state index is -4.14. The monoisotopic (exact) mass is 495 g/mol. The molecule has 0 fully saturated rings. The third kappa shape index (κ3) is 4.50. The lowest BCUT2D eigenvalue weighted by Crippen LogP contribution is -2.32. The van der Waals surface area contributed by atoms with Gasteiger partial charge in [-0.25, -0.2) is 13.1 Å². The van der Waals surface area contributed by atoms with Crippen molar-refractivity contribution in [3.8, 4) is 5.69 Å². The largest absolute Gasteiger partial charge is 0.359 e. The van der Waals surface area contributed by atoms with Gasteiger partial charge in [0, 0.05) is 25.7 Å². The lowest BCUT2D eigenvalue weighted by atomic mass is 10.2. The molecule has 4 rings (SSSR count). The van der Waals surface area contributed by atoms with E-state index in [1.807, 2.05) is 6.07 Å². The summed E-state index contributed by atoms with van der Waals surface area (Å²) in [5.74, 6) is 0.00897. The number of para-hydroxylation sites is 1. The van der Waals surface area contributed by atoms with Gasteiger partial charge in [-0.2, -0.15) is 0 Å². The number of hydrogen-bond donors (Lipinski definition) is 1. The van der Waals surface area contributed by atoms with E-state index in [0.717, 1.165) is 4.31 Å². The van der Waals surface area contributed by atoms with Gasteiger partial charge < -0.3 is 9.84 Å². The average Bonchev–Trinajstić information content (AvgIpc) is 3.37. The summed E-state index contributed by atoms with van der Waals surface area (Å²) in [7, 11) is -1.13. The van der Waals surface area contributed by atoms with Crippen molar-refractivity contribution in [2.45, 2.75) is 25.3 Å². The van der Waals surface area contributed by atoms with Crippen molar-refractivity contribution in [1.82, 2.24) is 19.8 Å². The molecule has 0 atom stereocenters. The number of carbonyl (C=O) groups excluding carboxylic acids is 1. The van der Waals surface area contributed by atoms with Crippen molar-refractivity contribution >= 4 is 21.6 Å². The number of nitrogens with zero attached hydrogens (tertiary/aromatic N) is 4. The number of benzene rings is 2. The third-order valence-corrected chi connectivity index (χ3v) is 7.45. The van der Waals surface area contributed by atoms with Crippen LogP contribution >= 0.6 is 0 Å². The summed E-state index contributed by atoms with van der Waals surface area (Å²) >= 11 is 0. The number of sulfonamides is 1. The van der Waals surface area contributed by atoms with E-state index in [0.29, 0.717) is 22.8 Å². The number of anilines is 1. The van der Waals surface area contributed by atoms with Crippen LogP contribution < -0.4 is 15.2 Å². The van der Waals surface area contributed by atoms with Crippen molar-refractivity contribution < 1.29 is 17.7 Å². The number of aromatic nitrogens is 3. The molecule has 10 nitrogen and oxygen atoms in total. The van der Waals surface area contributed by atoms with Gasteiger partial charge in [-0.3, -0.25) is 18.6 Å². The van der Waals surface area contributed by atoms with Gasteiger partial charge in [0.05, 0.1) is 28.5 Å². The minimum Gasteiger partial charge on any atom is -0.359 e. The Morgan fingerprint density at radius 2 is 1.80 bits per heavy atom. The molecular formula is C24H25N5O5S. The maximum Gasteiger partial charge on any atom is 0.296 e. The van der Waals surface area contributed by atoms with E-state index in [2.05, 4.69) is 10.5 Å². The van der Waals surface area contributed by atoms with Gasteiger partial charge in [0.25, 0.3) is 21.5 Å². The van der Waals surface area contributed by atoms with Gasteiger partial charge in [-0.1, -0.05) is 29.4 Å². The molecule has 0 bridgehead atoms. The first-order valence-corrected chi connectivity index (χ1v) is 12.2. The van der Waals surface area contributed by atoms with Crippen LogP contribution in [-0.2, 0) is 23.6 Å². The maximum absolute atomic E-state index is 13.5. The SMILES string of the molecule is Cc1cc(CNC(=O)c2cccc(S(=O)(=O)N(C)c3c(C)n(C)n(-c4ccccc4)c3=O)c2)on1. The van der Waals surface area contributed by atoms with Crippen LogP contribution in [0.2, 0.25) is 0 Å². The Balaban J connectivity index is 1.64. The maximum atomic E-state index is 13.5. The summed E-state index contributed by atoms with van der Waals surface area (Å²) in [6.07, 6.45) is 0. The van der Waals surface area contributed by atoms with Crippen molar-refractivity contribution in [3.63, 3.8) is 0 Å². The van der Waals surface area contributed by atoms with Crippen molar-refractivity contribution in [2.24, 2.45) is 7.05 Å². The number of rotatable bonds is 7. The quantitative estimate of drug-likeness (QED) is 0.421. The zero-order chi connectivity index (χ0) is 25.3. The summed E-state index contributed by atoms with van der Waals surface area (Å²) in [5.41, 5.74) is 1.47. The number of amides is 1. The summed E-state index contributed by atoms with van der Waals surface area (Å²) in [6, 6.07) is 16.3. The van der Waals surface area contributed by atoms with E-state index in [1.165, 1.54) is 36.0 Å². The Labute approximate surface area is 202 Å². The molecule has 11 heteroatoms. The highest BCUT2D eigenvalue weighted by atomic mass is 32.2. The van der Waals surface area contributed by atoms with E-state index in [-0.39, 0.29) is 22.7 Å². The van der Waals surface area contributed by atoms with E-state index >= 15 is 0 Å². The van der Waals surface area contributed by atoms with Crippen LogP contribution in [-0.4, -0.2) is 35.9 Å². The second kappa shape index (κ2) is 9.26. The zero-order valence-electron chi connectivity index (χ0n) is 19.7. The Hall–Kier alpha value is -4.12. The molecule has 0 saturated carbocycles. The topological polar surface area (TPSA) is 119 Å². The van der Waals surface area contributed by atoms with Gasteiger partial charge in [-0.15, -0.1) is 0 Å². The van der Waals surface area contributed by atoms with E-state index in [1.54, 1.807) is 55.9 Å². The van der Waals surface area contributed by atoms with Gasteiger partial charge in [0.15, 0.2) is 5.76 Å². The molecule has 0 aliphatic rings. The molecule has 0 saturated heterocycles. The molecule has 2 aromatic heterocycles. The number of carbonyl (C=O) groups is 1. The van der Waals surface area contributed by atoms with Crippen LogP contribution in [0.25, 0.3) is 5.69 Å². The average molecular weight is 496 g/mol. The fraction of sp³-hybridized carbons (Fsp3) is 0.208. The Bertz CT molecular complexity index is 1550. The summed E-state index contributed by atoms with van der Waals surface area (Å²) in [5, 5.41) is 6.44. The third-order valence-electron chi connectivity index (χ3n) is 5.69. The van der Waals surface area contributed by atoms with E-state index in [9.17, 15) is 18.0 Å². The fourth-order valence-corrected chi connectivity index (χ4v) is 5.06. The standard InChI is InChI=1S/C24H25N5O5S/c1-16-13-20(34-26-16)15-25-23(30)18-9-8-12-21(14-18)35(32,33)28(4)22-17(2)27(3)29(24(22)31)19-10-6-5-7-11-19/h5-14H,15H2,1-4H3,(H,25,30). The molecule has 0 spiro atoms. The van der Waals surface area contributed by atoms with Crippen LogP contribution in [0.3, 0.4) is 0 Å². The fourth-order valence-electron chi connectivity index (χ4n) is 3.76. The van der Waals surface area contributed by atoms with Crippen LogP contribution in [0.1, 0.15) is 27.5 Å². The van der Waals surface area contributed by atoms with E-state index < -0.39 is 21.5 Å². The second-order valence-corrected chi connectivity index (χ2v) is 10.00. The molecule has 2 aromatic carbocycles. The first-order valence-electron chi connectivity index (χ1n) is 10.7. The number of aryl methyl sites for hydroxylation is 1. The van der Waals surface area contributed by atoms with E-state index in [4.69, 9.17) is 4.52 Å². The lowest BCUT2D eigenvalue weighted by molar-refractivity contribution is 0.0947. The molecule has 1 amide bonds. The van der Waals surface area contributed by atoms with Crippen LogP contribution in [0.5, 0.6) is 0 Å². The molecule has 0 radical (unpaired) electrons.